The van der Waals surface area contributed by atoms with Crippen LogP contribution in [0.15, 0.2) is 48.6 Å². The lowest BCUT2D eigenvalue weighted by Crippen LogP contribution is -2.29. The van der Waals surface area contributed by atoms with Gasteiger partial charge >= 0.3 is 19.8 Å². The van der Waals surface area contributed by atoms with E-state index in [2.05, 4.69) is 67.0 Å². The molecule has 0 rings (SSSR count). The predicted molar refractivity (Wildman–Crippen MR) is 210 cm³/mol. The number of rotatable bonds is 37. The van der Waals surface area contributed by atoms with Gasteiger partial charge in [0.1, 0.15) is 12.7 Å². The number of esters is 2. The Morgan fingerprint density at radius 2 is 1.00 bits per heavy atom. The number of carbonyl (C=O) groups excluding carboxylic acids is 2. The lowest BCUT2D eigenvalue weighted by Gasteiger charge is -2.20. The number of hydrogen-bond donors (Lipinski definition) is 3. The minimum absolute atomic E-state index is 0.133. The average molecular weight is 757 g/mol. The van der Waals surface area contributed by atoms with E-state index in [1.165, 1.54) is 51.4 Å². The van der Waals surface area contributed by atoms with Crippen molar-refractivity contribution in [1.29, 1.82) is 0 Å². The molecule has 0 fully saturated rings. The maximum atomic E-state index is 12.6. The molecular weight excluding hydrogens is 683 g/mol. The molecule has 11 heteroatoms. The highest BCUT2D eigenvalue weighted by Gasteiger charge is 2.27. The summed E-state index contributed by atoms with van der Waals surface area (Å²) < 4.78 is 32.6. The van der Waals surface area contributed by atoms with E-state index >= 15 is 0 Å². The third-order valence-electron chi connectivity index (χ3n) is 8.21. The SMILES string of the molecule is CCCCC/C=C/C/C=C/C/C=C/CCCCC(=O)O[C@H](COC(=O)CCCCCCC/C=C/CCCCCCC)COP(=O)(O)OC[C@@H](O)CO. The molecule has 0 saturated heterocycles. The molecule has 0 saturated carbocycles. The molecule has 0 heterocycles. The number of aliphatic hydroxyl groups is 2. The Morgan fingerprint density at radius 3 is 1.60 bits per heavy atom. The van der Waals surface area contributed by atoms with Crippen molar-refractivity contribution in [3.05, 3.63) is 48.6 Å². The van der Waals surface area contributed by atoms with E-state index in [0.29, 0.717) is 12.8 Å². The zero-order chi connectivity index (χ0) is 38.4. The van der Waals surface area contributed by atoms with E-state index in [1.807, 2.05) is 0 Å². The molecule has 0 aliphatic carbocycles. The van der Waals surface area contributed by atoms with Gasteiger partial charge in [-0.3, -0.25) is 18.6 Å². The van der Waals surface area contributed by atoms with Gasteiger partial charge in [-0.2, -0.15) is 0 Å². The number of carbonyl (C=O) groups is 2. The van der Waals surface area contributed by atoms with E-state index < -0.39 is 51.8 Å². The van der Waals surface area contributed by atoms with Crippen molar-refractivity contribution in [2.45, 2.75) is 174 Å². The Labute approximate surface area is 315 Å². The van der Waals surface area contributed by atoms with Crippen LogP contribution >= 0.6 is 7.82 Å². The minimum atomic E-state index is -4.63. The number of phosphoric acid groups is 1. The Bertz CT molecular complexity index is 1010. The molecule has 3 atom stereocenters. The Morgan fingerprint density at radius 1 is 0.577 bits per heavy atom. The van der Waals surface area contributed by atoms with Gasteiger partial charge in [-0.05, 0) is 77.0 Å². The predicted octanol–water partition coefficient (Wildman–Crippen LogP) is 10.2. The van der Waals surface area contributed by atoms with Crippen LogP contribution in [-0.2, 0) is 32.7 Å². The van der Waals surface area contributed by atoms with Gasteiger partial charge < -0.3 is 24.6 Å². The number of allylic oxidation sites excluding steroid dienone is 8. The van der Waals surface area contributed by atoms with Crippen LogP contribution in [0.3, 0.4) is 0 Å². The number of aliphatic hydroxyl groups excluding tert-OH is 2. The lowest BCUT2D eigenvalue weighted by atomic mass is 10.1. The molecule has 10 nitrogen and oxygen atoms in total. The second-order valence-electron chi connectivity index (χ2n) is 13.3. The molecule has 302 valence electrons. The Balaban J connectivity index is 4.44. The van der Waals surface area contributed by atoms with Gasteiger partial charge in [0.15, 0.2) is 6.10 Å². The summed E-state index contributed by atoms with van der Waals surface area (Å²) in [5.74, 6) is -0.983. The van der Waals surface area contributed by atoms with Crippen molar-refractivity contribution in [2.24, 2.45) is 0 Å². The van der Waals surface area contributed by atoms with Crippen molar-refractivity contribution in [2.75, 3.05) is 26.4 Å². The third-order valence-corrected chi connectivity index (χ3v) is 9.16. The highest BCUT2D eigenvalue weighted by molar-refractivity contribution is 7.47. The second kappa shape index (κ2) is 37.3. The summed E-state index contributed by atoms with van der Waals surface area (Å²) >= 11 is 0. The summed E-state index contributed by atoms with van der Waals surface area (Å²) in [4.78, 5) is 34.9. The highest BCUT2D eigenvalue weighted by Crippen LogP contribution is 2.43. The summed E-state index contributed by atoms with van der Waals surface area (Å²) in [6.45, 7) is 2.27. The largest absolute Gasteiger partial charge is 0.472 e. The Hall–Kier alpha value is -2.07. The molecule has 0 aromatic rings. The van der Waals surface area contributed by atoms with Crippen molar-refractivity contribution in [3.8, 4) is 0 Å². The maximum absolute atomic E-state index is 12.6. The molecule has 3 N–H and O–H groups in total. The Kier molecular flexibility index (Phi) is 35.8. The average Bonchev–Trinajstić information content (AvgIpc) is 3.13. The molecule has 0 aliphatic heterocycles. The topological polar surface area (TPSA) is 149 Å². The molecular formula is C41H73O10P. The van der Waals surface area contributed by atoms with Crippen LogP contribution < -0.4 is 0 Å². The molecule has 0 bridgehead atoms. The van der Waals surface area contributed by atoms with Crippen LogP contribution in [0, 0.1) is 0 Å². The normalized spacial score (nSPS) is 14.5. The standard InChI is InChI=1S/C41H73O10P/c1-3-5-7-9-11-13-15-17-19-21-23-25-27-29-31-33-41(45)51-39(37-50-52(46,47)49-35-38(43)34-42)36-48-40(44)32-30-28-26-24-22-20-18-16-14-12-10-8-6-4-2/h11,13,16-19,23,25,38-39,42-43H,3-10,12,14-15,20-22,24,26-37H2,1-2H3,(H,46,47)/b13-11+,18-16+,19-17+,25-23+/t38-,39+/m0/s1. The smallest absolute Gasteiger partial charge is 0.462 e. The zero-order valence-corrected chi connectivity index (χ0v) is 33.4. The molecule has 0 aromatic carbocycles. The van der Waals surface area contributed by atoms with Gasteiger partial charge in [0, 0.05) is 12.8 Å². The summed E-state index contributed by atoms with van der Waals surface area (Å²) in [6.07, 6.45) is 37.9. The first-order chi connectivity index (χ1) is 25.2. The summed E-state index contributed by atoms with van der Waals surface area (Å²) in [5.41, 5.74) is 0. The first kappa shape index (κ1) is 49.9. The minimum Gasteiger partial charge on any atom is -0.462 e. The zero-order valence-electron chi connectivity index (χ0n) is 32.5. The van der Waals surface area contributed by atoms with E-state index in [-0.39, 0.29) is 19.4 Å². The van der Waals surface area contributed by atoms with Crippen LogP contribution in [0.25, 0.3) is 0 Å². The van der Waals surface area contributed by atoms with Crippen LogP contribution in [0.1, 0.15) is 162 Å². The molecule has 0 amide bonds. The van der Waals surface area contributed by atoms with Crippen LogP contribution in [0.5, 0.6) is 0 Å². The molecule has 52 heavy (non-hydrogen) atoms. The van der Waals surface area contributed by atoms with Crippen LogP contribution in [0.2, 0.25) is 0 Å². The van der Waals surface area contributed by atoms with Crippen LogP contribution in [-0.4, -0.2) is 65.7 Å². The molecule has 0 spiro atoms. The van der Waals surface area contributed by atoms with E-state index in [0.717, 1.165) is 70.6 Å². The molecule has 0 aromatic heterocycles. The van der Waals surface area contributed by atoms with Gasteiger partial charge in [0.2, 0.25) is 0 Å². The molecule has 1 unspecified atom stereocenters. The van der Waals surface area contributed by atoms with Crippen molar-refractivity contribution >= 4 is 19.8 Å². The summed E-state index contributed by atoms with van der Waals surface area (Å²) in [6, 6.07) is 0. The number of ether oxygens (including phenoxy) is 2. The molecule has 0 aliphatic rings. The summed E-state index contributed by atoms with van der Waals surface area (Å²) in [5, 5.41) is 18.3. The van der Waals surface area contributed by atoms with E-state index in [4.69, 9.17) is 19.1 Å². The first-order valence-electron chi connectivity index (χ1n) is 20.1. The monoisotopic (exact) mass is 756 g/mol. The quantitative estimate of drug-likeness (QED) is 0.0242. The molecule has 0 radical (unpaired) electrons. The van der Waals surface area contributed by atoms with Crippen LogP contribution in [0.4, 0.5) is 0 Å². The van der Waals surface area contributed by atoms with E-state index in [9.17, 15) is 24.2 Å². The number of phosphoric ester groups is 1. The van der Waals surface area contributed by atoms with Crippen molar-refractivity contribution in [3.63, 3.8) is 0 Å². The fourth-order valence-corrected chi connectivity index (χ4v) is 5.84. The fraction of sp³-hybridized carbons (Fsp3) is 0.756. The third kappa shape index (κ3) is 36.3. The van der Waals surface area contributed by atoms with Gasteiger partial charge in [-0.1, -0.05) is 120 Å². The highest BCUT2D eigenvalue weighted by atomic mass is 31.2. The van der Waals surface area contributed by atoms with E-state index in [1.54, 1.807) is 0 Å². The van der Waals surface area contributed by atoms with Crippen molar-refractivity contribution < 1.29 is 47.8 Å². The first-order valence-corrected chi connectivity index (χ1v) is 21.6. The maximum Gasteiger partial charge on any atom is 0.472 e. The lowest BCUT2D eigenvalue weighted by molar-refractivity contribution is -0.161. The number of unbranched alkanes of at least 4 members (excludes halogenated alkanes) is 15. The second-order valence-corrected chi connectivity index (χ2v) is 14.8. The van der Waals surface area contributed by atoms with Gasteiger partial charge in [0.05, 0.1) is 19.8 Å². The van der Waals surface area contributed by atoms with Gasteiger partial charge in [-0.25, -0.2) is 4.57 Å². The number of hydrogen-bond acceptors (Lipinski definition) is 9. The van der Waals surface area contributed by atoms with Gasteiger partial charge in [-0.15, -0.1) is 0 Å². The van der Waals surface area contributed by atoms with Crippen molar-refractivity contribution in [1.82, 2.24) is 0 Å². The van der Waals surface area contributed by atoms with Gasteiger partial charge in [0.25, 0.3) is 0 Å². The fourth-order valence-electron chi connectivity index (χ4n) is 5.05. The summed E-state index contributed by atoms with van der Waals surface area (Å²) in [7, 11) is -4.63.